The van der Waals surface area contributed by atoms with Gasteiger partial charge >= 0.3 is 0 Å². The Morgan fingerprint density at radius 3 is 3.28 bits per heavy atom. The van der Waals surface area contributed by atoms with Gasteiger partial charge < -0.3 is 15.4 Å². The number of aryl methyl sites for hydroxylation is 1. The lowest BCUT2D eigenvalue weighted by molar-refractivity contribution is 0.210. The molecule has 0 aromatic carbocycles. The molecule has 4 heteroatoms. The maximum Gasteiger partial charge on any atom is 0.129 e. The first-order valence-corrected chi connectivity index (χ1v) is 6.80. The van der Waals surface area contributed by atoms with Crippen molar-refractivity contribution in [2.75, 3.05) is 32.1 Å². The number of rotatable bonds is 7. The summed E-state index contributed by atoms with van der Waals surface area (Å²) >= 11 is 0. The van der Waals surface area contributed by atoms with E-state index in [0.717, 1.165) is 18.8 Å². The number of ether oxygens (including phenoxy) is 1. The number of hydrogen-bond donors (Lipinski definition) is 2. The van der Waals surface area contributed by atoms with E-state index in [-0.39, 0.29) is 0 Å². The van der Waals surface area contributed by atoms with Gasteiger partial charge in [0.15, 0.2) is 0 Å². The lowest BCUT2D eigenvalue weighted by Gasteiger charge is -2.13. The second-order valence-electron chi connectivity index (χ2n) is 4.76. The van der Waals surface area contributed by atoms with Gasteiger partial charge in [0.25, 0.3) is 0 Å². The largest absolute Gasteiger partial charge is 0.383 e. The van der Waals surface area contributed by atoms with Gasteiger partial charge in [-0.25, -0.2) is 4.98 Å². The van der Waals surface area contributed by atoms with Crippen LogP contribution in [-0.4, -0.2) is 37.8 Å². The van der Waals surface area contributed by atoms with Crippen LogP contribution >= 0.6 is 0 Å². The molecule has 18 heavy (non-hydrogen) atoms. The Labute approximate surface area is 109 Å². The van der Waals surface area contributed by atoms with Crippen LogP contribution in [0.25, 0.3) is 0 Å². The molecule has 100 valence electrons. The molecular formula is C14H23N3O. The fourth-order valence-corrected chi connectivity index (χ4v) is 2.40. The normalized spacial score (nSPS) is 19.1. The van der Waals surface area contributed by atoms with Crippen LogP contribution in [0.1, 0.15) is 24.8 Å². The lowest BCUT2D eigenvalue weighted by atomic mass is 10.0. The molecule has 2 rings (SSSR count). The van der Waals surface area contributed by atoms with Gasteiger partial charge in [-0.2, -0.15) is 0 Å². The summed E-state index contributed by atoms with van der Waals surface area (Å²) in [5.74, 6) is 1.01. The van der Waals surface area contributed by atoms with Gasteiger partial charge in [-0.05, 0) is 43.9 Å². The molecule has 0 amide bonds. The smallest absolute Gasteiger partial charge is 0.129 e. The standard InChI is InChI=1S/C14H23N3O/c1-18-11-10-17-14-12(4-2-9-16-14)6-7-13-5-3-8-15-13/h2,4,9,13,15H,3,5-8,10-11H2,1H3,(H,16,17). The number of nitrogens with one attached hydrogen (secondary N) is 2. The summed E-state index contributed by atoms with van der Waals surface area (Å²) in [6.45, 7) is 2.69. The van der Waals surface area contributed by atoms with E-state index in [0.29, 0.717) is 12.6 Å². The molecule has 1 aromatic rings. The number of hydrogen-bond acceptors (Lipinski definition) is 4. The fraction of sp³-hybridized carbons (Fsp3) is 0.643. The van der Waals surface area contributed by atoms with E-state index in [1.807, 2.05) is 12.3 Å². The van der Waals surface area contributed by atoms with Crippen molar-refractivity contribution in [3.63, 3.8) is 0 Å². The molecule has 1 unspecified atom stereocenters. The number of aromatic nitrogens is 1. The van der Waals surface area contributed by atoms with E-state index in [9.17, 15) is 0 Å². The van der Waals surface area contributed by atoms with E-state index in [4.69, 9.17) is 4.74 Å². The third kappa shape index (κ3) is 3.96. The Morgan fingerprint density at radius 2 is 2.50 bits per heavy atom. The minimum Gasteiger partial charge on any atom is -0.383 e. The minimum atomic E-state index is 0.692. The Kier molecular flexibility index (Phi) is 5.42. The molecule has 0 aliphatic carbocycles. The second kappa shape index (κ2) is 7.34. The van der Waals surface area contributed by atoms with Crippen molar-refractivity contribution in [1.82, 2.24) is 10.3 Å². The van der Waals surface area contributed by atoms with Crippen LogP contribution in [0, 0.1) is 0 Å². The molecule has 0 saturated carbocycles. The molecule has 1 fully saturated rings. The van der Waals surface area contributed by atoms with Crippen LogP contribution in [-0.2, 0) is 11.2 Å². The second-order valence-corrected chi connectivity index (χ2v) is 4.76. The molecule has 2 N–H and O–H groups in total. The first kappa shape index (κ1) is 13.3. The molecule has 1 atom stereocenters. The van der Waals surface area contributed by atoms with Crippen LogP contribution in [0.4, 0.5) is 5.82 Å². The highest BCUT2D eigenvalue weighted by Gasteiger charge is 2.14. The van der Waals surface area contributed by atoms with Crippen molar-refractivity contribution in [3.8, 4) is 0 Å². The van der Waals surface area contributed by atoms with Crippen LogP contribution in [0.15, 0.2) is 18.3 Å². The van der Waals surface area contributed by atoms with Gasteiger partial charge in [0.2, 0.25) is 0 Å². The zero-order chi connectivity index (χ0) is 12.6. The van der Waals surface area contributed by atoms with E-state index < -0.39 is 0 Å². The highest BCUT2D eigenvalue weighted by molar-refractivity contribution is 5.43. The summed E-state index contributed by atoms with van der Waals surface area (Å²) in [5.41, 5.74) is 1.31. The van der Waals surface area contributed by atoms with Crippen LogP contribution in [0.2, 0.25) is 0 Å². The Hall–Kier alpha value is -1.13. The van der Waals surface area contributed by atoms with Crippen molar-refractivity contribution < 1.29 is 4.74 Å². The summed E-state index contributed by atoms with van der Waals surface area (Å²) in [5, 5.41) is 6.87. The number of nitrogens with zero attached hydrogens (tertiary/aromatic N) is 1. The average molecular weight is 249 g/mol. The van der Waals surface area contributed by atoms with Gasteiger partial charge in [0.05, 0.1) is 6.61 Å². The molecule has 0 radical (unpaired) electrons. The molecule has 0 bridgehead atoms. The van der Waals surface area contributed by atoms with Crippen molar-refractivity contribution in [2.45, 2.75) is 31.7 Å². The molecule has 2 heterocycles. The SMILES string of the molecule is COCCNc1ncccc1CCC1CCCN1. The maximum absolute atomic E-state index is 5.04. The summed E-state index contributed by atoms with van der Waals surface area (Å²) in [6, 6.07) is 4.87. The Balaban J connectivity index is 1.85. The monoisotopic (exact) mass is 249 g/mol. The maximum atomic E-state index is 5.04. The van der Waals surface area contributed by atoms with E-state index in [2.05, 4.69) is 21.7 Å². The van der Waals surface area contributed by atoms with Crippen LogP contribution in [0.5, 0.6) is 0 Å². The Bertz CT molecular complexity index is 351. The number of methoxy groups -OCH3 is 1. The zero-order valence-electron chi connectivity index (χ0n) is 11.1. The highest BCUT2D eigenvalue weighted by Crippen LogP contribution is 2.17. The van der Waals surface area contributed by atoms with Gasteiger partial charge in [-0.15, -0.1) is 0 Å². The van der Waals surface area contributed by atoms with Crippen molar-refractivity contribution in [2.24, 2.45) is 0 Å². The molecule has 1 aromatic heterocycles. The van der Waals surface area contributed by atoms with E-state index in [1.54, 1.807) is 7.11 Å². The molecule has 1 aliphatic rings. The summed E-state index contributed by atoms with van der Waals surface area (Å²) in [7, 11) is 1.72. The highest BCUT2D eigenvalue weighted by atomic mass is 16.5. The van der Waals surface area contributed by atoms with Gasteiger partial charge in [-0.1, -0.05) is 6.07 Å². The van der Waals surface area contributed by atoms with Gasteiger partial charge in [0, 0.05) is 25.9 Å². The first-order valence-electron chi connectivity index (χ1n) is 6.80. The third-order valence-corrected chi connectivity index (χ3v) is 3.41. The summed E-state index contributed by atoms with van der Waals surface area (Å²) < 4.78 is 5.04. The molecule has 4 nitrogen and oxygen atoms in total. The topological polar surface area (TPSA) is 46.2 Å². The molecule has 1 saturated heterocycles. The van der Waals surface area contributed by atoms with Gasteiger partial charge in [-0.3, -0.25) is 0 Å². The first-order chi connectivity index (χ1) is 8.90. The van der Waals surface area contributed by atoms with E-state index in [1.165, 1.54) is 31.4 Å². The average Bonchev–Trinajstić information content (AvgIpc) is 2.91. The van der Waals surface area contributed by atoms with Crippen molar-refractivity contribution in [3.05, 3.63) is 23.9 Å². The van der Waals surface area contributed by atoms with Crippen molar-refractivity contribution >= 4 is 5.82 Å². The number of pyridine rings is 1. The van der Waals surface area contributed by atoms with Crippen LogP contribution < -0.4 is 10.6 Å². The summed E-state index contributed by atoms with van der Waals surface area (Å²) in [4.78, 5) is 4.41. The van der Waals surface area contributed by atoms with Gasteiger partial charge in [0.1, 0.15) is 5.82 Å². The van der Waals surface area contributed by atoms with E-state index >= 15 is 0 Å². The predicted molar refractivity (Wildman–Crippen MR) is 73.9 cm³/mol. The predicted octanol–water partition coefficient (Wildman–Crippen LogP) is 1.82. The molecular weight excluding hydrogens is 226 g/mol. The lowest BCUT2D eigenvalue weighted by Crippen LogP contribution is -2.22. The third-order valence-electron chi connectivity index (χ3n) is 3.41. The Morgan fingerprint density at radius 1 is 1.56 bits per heavy atom. The minimum absolute atomic E-state index is 0.692. The summed E-state index contributed by atoms with van der Waals surface area (Å²) in [6.07, 6.45) is 6.75. The quantitative estimate of drug-likeness (QED) is 0.724. The number of anilines is 1. The molecule has 1 aliphatic heterocycles. The fourth-order valence-electron chi connectivity index (χ4n) is 2.40. The van der Waals surface area contributed by atoms with Crippen molar-refractivity contribution in [1.29, 1.82) is 0 Å². The zero-order valence-corrected chi connectivity index (χ0v) is 11.1. The van der Waals surface area contributed by atoms with Crippen LogP contribution in [0.3, 0.4) is 0 Å². The molecule has 0 spiro atoms.